The predicted octanol–water partition coefficient (Wildman–Crippen LogP) is 2.00. The lowest BCUT2D eigenvalue weighted by Crippen LogP contribution is -2.56. The molecule has 1 N–H and O–H groups in total. The van der Waals surface area contributed by atoms with Crippen molar-refractivity contribution in [2.75, 3.05) is 13.7 Å². The number of imide groups is 1. The maximum absolute atomic E-state index is 12.8. The molecule has 2 fully saturated rings. The number of halogens is 1. The van der Waals surface area contributed by atoms with Crippen LogP contribution in [0.15, 0.2) is 22.7 Å². The van der Waals surface area contributed by atoms with E-state index in [9.17, 15) is 9.59 Å². The number of carbonyl (C=O) groups is 2. The van der Waals surface area contributed by atoms with Gasteiger partial charge >= 0.3 is 6.03 Å². The summed E-state index contributed by atoms with van der Waals surface area (Å²) in [6.45, 7) is 0.474. The van der Waals surface area contributed by atoms with Gasteiger partial charge < -0.3 is 10.1 Å². The zero-order chi connectivity index (χ0) is 14.1. The van der Waals surface area contributed by atoms with Gasteiger partial charge in [0.1, 0.15) is 5.75 Å². The maximum atomic E-state index is 12.8. The third-order valence-corrected chi connectivity index (χ3v) is 5.22. The zero-order valence-corrected chi connectivity index (χ0v) is 12.5. The highest BCUT2D eigenvalue weighted by molar-refractivity contribution is 9.10. The second-order valence-corrected chi connectivity index (χ2v) is 6.67. The molecule has 1 aliphatic carbocycles. The van der Waals surface area contributed by atoms with Crippen LogP contribution < -0.4 is 10.1 Å². The van der Waals surface area contributed by atoms with Crippen LogP contribution in [-0.4, -0.2) is 30.5 Å². The molecule has 20 heavy (non-hydrogen) atoms. The molecule has 0 bridgehead atoms. The van der Waals surface area contributed by atoms with Crippen LogP contribution in [0.1, 0.15) is 18.4 Å². The molecule has 2 heterocycles. The molecule has 2 spiro atoms. The van der Waals surface area contributed by atoms with Gasteiger partial charge in [0.15, 0.2) is 5.54 Å². The molecule has 3 amide bonds. The Morgan fingerprint density at radius 2 is 2.10 bits per heavy atom. The number of amides is 3. The fourth-order valence-corrected chi connectivity index (χ4v) is 3.75. The van der Waals surface area contributed by atoms with Gasteiger partial charge in [-0.15, -0.1) is 0 Å². The van der Waals surface area contributed by atoms with Crippen molar-refractivity contribution in [3.8, 4) is 5.75 Å². The van der Waals surface area contributed by atoms with Gasteiger partial charge in [-0.2, -0.15) is 0 Å². The highest BCUT2D eigenvalue weighted by Crippen LogP contribution is 2.63. The summed E-state index contributed by atoms with van der Waals surface area (Å²) in [6, 6.07) is 5.26. The Labute approximate surface area is 124 Å². The van der Waals surface area contributed by atoms with Crippen LogP contribution in [0.5, 0.6) is 5.75 Å². The van der Waals surface area contributed by atoms with E-state index in [0.717, 1.165) is 22.9 Å². The fourth-order valence-electron chi connectivity index (χ4n) is 3.38. The number of hydrogen-bond acceptors (Lipinski definition) is 3. The van der Waals surface area contributed by atoms with Crippen molar-refractivity contribution in [1.82, 2.24) is 10.2 Å². The number of rotatable bonds is 0. The normalized spacial score (nSPS) is 29.4. The molecular weight excluding hydrogens is 324 g/mol. The van der Waals surface area contributed by atoms with E-state index in [1.165, 1.54) is 11.9 Å². The summed E-state index contributed by atoms with van der Waals surface area (Å²) in [7, 11) is 1.52. The largest absolute Gasteiger partial charge is 0.492 e. The highest BCUT2D eigenvalue weighted by atomic mass is 79.9. The molecule has 0 aromatic heterocycles. The Morgan fingerprint density at radius 1 is 1.35 bits per heavy atom. The standard InChI is InChI=1S/C14H13BrN2O3/c1-17-11(18)14(16-12(17)19)9-6-8(15)2-3-10(9)20-7-13(14)4-5-13/h2-3,6H,4-5,7H2,1H3,(H,16,19). The molecule has 1 atom stereocenters. The van der Waals surface area contributed by atoms with Gasteiger partial charge in [-0.25, -0.2) is 4.79 Å². The van der Waals surface area contributed by atoms with E-state index < -0.39 is 5.54 Å². The topological polar surface area (TPSA) is 58.6 Å². The number of fused-ring (bicyclic) bond motifs is 3. The first kappa shape index (κ1) is 12.2. The van der Waals surface area contributed by atoms with Crippen molar-refractivity contribution >= 4 is 27.9 Å². The number of ether oxygens (including phenoxy) is 1. The van der Waals surface area contributed by atoms with E-state index in [0.29, 0.717) is 12.4 Å². The minimum atomic E-state index is -0.962. The van der Waals surface area contributed by atoms with Gasteiger partial charge in [0.25, 0.3) is 5.91 Å². The molecule has 0 radical (unpaired) electrons. The first-order chi connectivity index (χ1) is 9.50. The minimum absolute atomic E-state index is 0.178. The molecule has 1 aromatic rings. The summed E-state index contributed by atoms with van der Waals surface area (Å²) in [5, 5.41) is 2.94. The number of urea groups is 1. The smallest absolute Gasteiger partial charge is 0.325 e. The Balaban J connectivity index is 2.00. The van der Waals surface area contributed by atoms with Crippen molar-refractivity contribution < 1.29 is 14.3 Å². The minimum Gasteiger partial charge on any atom is -0.492 e. The van der Waals surface area contributed by atoms with E-state index in [1.807, 2.05) is 18.2 Å². The third-order valence-electron chi connectivity index (χ3n) is 4.72. The average molecular weight is 337 g/mol. The number of benzene rings is 1. The molecule has 1 saturated heterocycles. The monoisotopic (exact) mass is 336 g/mol. The molecule has 5 nitrogen and oxygen atoms in total. The molecule has 1 unspecified atom stereocenters. The third kappa shape index (κ3) is 1.23. The molecule has 6 heteroatoms. The summed E-state index contributed by atoms with van der Waals surface area (Å²) in [5.74, 6) is 0.498. The average Bonchev–Trinajstić information content (AvgIpc) is 3.17. The Hall–Kier alpha value is -1.56. The Morgan fingerprint density at radius 3 is 2.70 bits per heavy atom. The number of nitrogens with zero attached hydrogens (tertiary/aromatic N) is 1. The first-order valence-corrected chi connectivity index (χ1v) is 7.33. The van der Waals surface area contributed by atoms with Crippen molar-refractivity contribution in [3.05, 3.63) is 28.2 Å². The number of likely N-dealkylation sites (N-methyl/N-ethyl adjacent to an activating group) is 1. The van der Waals surface area contributed by atoms with Gasteiger partial charge in [-0.1, -0.05) is 15.9 Å². The molecule has 104 valence electrons. The molecule has 1 saturated carbocycles. The van der Waals surface area contributed by atoms with E-state index in [-0.39, 0.29) is 17.4 Å². The summed E-state index contributed by atoms with van der Waals surface area (Å²) in [6.07, 6.45) is 1.78. The van der Waals surface area contributed by atoms with Crippen molar-refractivity contribution in [3.63, 3.8) is 0 Å². The summed E-state index contributed by atoms with van der Waals surface area (Å²) < 4.78 is 6.69. The second kappa shape index (κ2) is 3.55. The van der Waals surface area contributed by atoms with Crippen LogP contribution >= 0.6 is 15.9 Å². The molecule has 2 aliphatic heterocycles. The first-order valence-electron chi connectivity index (χ1n) is 6.53. The van der Waals surface area contributed by atoms with Crippen LogP contribution in [-0.2, 0) is 10.3 Å². The van der Waals surface area contributed by atoms with Gasteiger partial charge in [0.2, 0.25) is 0 Å². The van der Waals surface area contributed by atoms with Gasteiger partial charge in [0, 0.05) is 22.5 Å². The quantitative estimate of drug-likeness (QED) is 0.737. The van der Waals surface area contributed by atoms with E-state index in [1.54, 1.807) is 0 Å². The summed E-state index contributed by atoms with van der Waals surface area (Å²) >= 11 is 3.44. The van der Waals surface area contributed by atoms with Crippen molar-refractivity contribution in [2.45, 2.75) is 18.4 Å². The SMILES string of the molecule is CN1C(=O)NC2(C1=O)c1cc(Br)ccc1OCC21CC1. The van der Waals surface area contributed by atoms with E-state index in [4.69, 9.17) is 4.74 Å². The van der Waals surface area contributed by atoms with E-state index in [2.05, 4.69) is 21.2 Å². The Kier molecular flexibility index (Phi) is 2.17. The highest BCUT2D eigenvalue weighted by Gasteiger charge is 2.71. The van der Waals surface area contributed by atoms with Crippen molar-refractivity contribution in [1.29, 1.82) is 0 Å². The van der Waals surface area contributed by atoms with Crippen LogP contribution in [0.25, 0.3) is 0 Å². The summed E-state index contributed by atoms with van der Waals surface area (Å²) in [4.78, 5) is 26.0. The summed E-state index contributed by atoms with van der Waals surface area (Å²) in [5.41, 5.74) is -0.493. The van der Waals surface area contributed by atoms with Gasteiger partial charge in [-0.3, -0.25) is 9.69 Å². The molecule has 1 aromatic carbocycles. The van der Waals surface area contributed by atoms with Crippen LogP contribution in [0, 0.1) is 5.41 Å². The van der Waals surface area contributed by atoms with Crippen LogP contribution in [0.3, 0.4) is 0 Å². The molecule has 3 aliphatic rings. The number of nitrogens with one attached hydrogen (secondary N) is 1. The second-order valence-electron chi connectivity index (χ2n) is 5.75. The van der Waals surface area contributed by atoms with Crippen LogP contribution in [0.4, 0.5) is 4.79 Å². The lowest BCUT2D eigenvalue weighted by atomic mass is 9.73. The molecule has 4 rings (SSSR count). The fraction of sp³-hybridized carbons (Fsp3) is 0.429. The van der Waals surface area contributed by atoms with E-state index >= 15 is 0 Å². The van der Waals surface area contributed by atoms with Gasteiger partial charge in [-0.05, 0) is 31.0 Å². The number of carbonyl (C=O) groups excluding carboxylic acids is 2. The molecular formula is C14H13BrN2O3. The lowest BCUT2D eigenvalue weighted by molar-refractivity contribution is -0.135. The van der Waals surface area contributed by atoms with Crippen LogP contribution in [0.2, 0.25) is 0 Å². The zero-order valence-electron chi connectivity index (χ0n) is 10.9. The Bertz CT molecular complexity index is 656. The van der Waals surface area contributed by atoms with Gasteiger partial charge in [0.05, 0.1) is 6.61 Å². The number of hydrogen-bond donors (Lipinski definition) is 1. The maximum Gasteiger partial charge on any atom is 0.325 e. The predicted molar refractivity (Wildman–Crippen MR) is 74.3 cm³/mol. The van der Waals surface area contributed by atoms with Crippen molar-refractivity contribution in [2.24, 2.45) is 5.41 Å². The lowest BCUT2D eigenvalue weighted by Gasteiger charge is -2.40.